The first-order valence-corrected chi connectivity index (χ1v) is 6.77. The Hall–Kier alpha value is -1.66. The van der Waals surface area contributed by atoms with Crippen LogP contribution in [0.5, 0.6) is 0 Å². The fourth-order valence-electron chi connectivity index (χ4n) is 1.28. The smallest absolute Gasteiger partial charge is 0.328 e. The Kier molecular flexibility index (Phi) is 4.63. The molecule has 5 nitrogen and oxygen atoms in total. The molecule has 0 spiro atoms. The van der Waals surface area contributed by atoms with Gasteiger partial charge in [-0.2, -0.15) is 0 Å². The maximum atomic E-state index is 11.8. The number of benzene rings is 1. The van der Waals surface area contributed by atoms with E-state index in [0.717, 1.165) is 17.2 Å². The third-order valence-corrected chi connectivity index (χ3v) is 3.86. The maximum absolute atomic E-state index is 11.8. The van der Waals surface area contributed by atoms with E-state index in [2.05, 4.69) is 4.72 Å². The zero-order valence-corrected chi connectivity index (χ0v) is 11.0. The van der Waals surface area contributed by atoms with Gasteiger partial charge in [-0.3, -0.25) is 0 Å². The number of hydrogen-bond donors (Lipinski definition) is 2. The van der Waals surface area contributed by atoms with Crippen molar-refractivity contribution in [1.82, 2.24) is 4.72 Å². The van der Waals surface area contributed by atoms with Crippen LogP contribution in [0.1, 0.15) is 11.1 Å². The molecule has 0 aliphatic rings. The Labute approximate surface area is 106 Å². The van der Waals surface area contributed by atoms with E-state index in [4.69, 9.17) is 5.11 Å². The highest BCUT2D eigenvalue weighted by molar-refractivity contribution is 7.89. The molecule has 6 heteroatoms. The van der Waals surface area contributed by atoms with Crippen LogP contribution in [0.15, 0.2) is 35.2 Å². The SMILES string of the molecule is Cc1ccc(S(=O)(=O)NC/C=C/C(=O)O)cc1C. The van der Waals surface area contributed by atoms with Gasteiger partial charge in [0.25, 0.3) is 0 Å². The van der Waals surface area contributed by atoms with Gasteiger partial charge in [-0.1, -0.05) is 12.1 Å². The first-order chi connectivity index (χ1) is 8.33. The van der Waals surface area contributed by atoms with Crippen LogP contribution in [0.3, 0.4) is 0 Å². The molecule has 0 aliphatic carbocycles. The van der Waals surface area contributed by atoms with E-state index in [0.29, 0.717) is 0 Å². The van der Waals surface area contributed by atoms with Crippen LogP contribution in [0, 0.1) is 13.8 Å². The lowest BCUT2D eigenvalue weighted by Crippen LogP contribution is -2.24. The van der Waals surface area contributed by atoms with Gasteiger partial charge in [-0.15, -0.1) is 0 Å². The monoisotopic (exact) mass is 269 g/mol. The van der Waals surface area contributed by atoms with E-state index in [9.17, 15) is 13.2 Å². The summed E-state index contributed by atoms with van der Waals surface area (Å²) in [6, 6.07) is 4.83. The first kappa shape index (κ1) is 14.4. The van der Waals surface area contributed by atoms with Crippen LogP contribution in [0.2, 0.25) is 0 Å². The largest absolute Gasteiger partial charge is 0.478 e. The number of hydrogen-bond acceptors (Lipinski definition) is 3. The lowest BCUT2D eigenvalue weighted by Gasteiger charge is -2.07. The summed E-state index contributed by atoms with van der Waals surface area (Å²) in [6.45, 7) is 3.68. The van der Waals surface area contributed by atoms with Crippen molar-refractivity contribution in [1.29, 1.82) is 0 Å². The topological polar surface area (TPSA) is 83.5 Å². The Balaban J connectivity index is 2.80. The second-order valence-corrected chi connectivity index (χ2v) is 5.61. The Morgan fingerprint density at radius 2 is 2.00 bits per heavy atom. The van der Waals surface area contributed by atoms with Crippen molar-refractivity contribution in [3.8, 4) is 0 Å². The average Bonchev–Trinajstić information content (AvgIpc) is 2.28. The van der Waals surface area contributed by atoms with Crippen molar-refractivity contribution >= 4 is 16.0 Å². The highest BCUT2D eigenvalue weighted by Gasteiger charge is 2.13. The van der Waals surface area contributed by atoms with Gasteiger partial charge >= 0.3 is 5.97 Å². The molecule has 0 aromatic heterocycles. The number of aryl methyl sites for hydroxylation is 2. The van der Waals surface area contributed by atoms with Crippen molar-refractivity contribution < 1.29 is 18.3 Å². The maximum Gasteiger partial charge on any atom is 0.328 e. The molecule has 0 amide bonds. The molecular weight excluding hydrogens is 254 g/mol. The third kappa shape index (κ3) is 3.97. The van der Waals surface area contributed by atoms with Crippen molar-refractivity contribution in [2.45, 2.75) is 18.7 Å². The molecule has 0 unspecified atom stereocenters. The first-order valence-electron chi connectivity index (χ1n) is 5.29. The number of carbonyl (C=O) groups is 1. The number of nitrogens with one attached hydrogen (secondary N) is 1. The predicted octanol–water partition coefficient (Wildman–Crippen LogP) is 1.22. The van der Waals surface area contributed by atoms with Gasteiger partial charge in [0.2, 0.25) is 10.0 Å². The van der Waals surface area contributed by atoms with Gasteiger partial charge in [0.05, 0.1) is 4.90 Å². The third-order valence-electron chi connectivity index (χ3n) is 2.44. The van der Waals surface area contributed by atoms with Gasteiger partial charge in [0.15, 0.2) is 0 Å². The minimum absolute atomic E-state index is 0.0540. The molecule has 98 valence electrons. The van der Waals surface area contributed by atoms with Crippen molar-refractivity contribution in [3.63, 3.8) is 0 Å². The zero-order valence-electron chi connectivity index (χ0n) is 10.2. The second kappa shape index (κ2) is 5.79. The van der Waals surface area contributed by atoms with E-state index < -0.39 is 16.0 Å². The number of rotatable bonds is 5. The van der Waals surface area contributed by atoms with E-state index in [-0.39, 0.29) is 11.4 Å². The summed E-state index contributed by atoms with van der Waals surface area (Å²) in [6.07, 6.45) is 2.13. The molecule has 1 aromatic rings. The summed E-state index contributed by atoms with van der Waals surface area (Å²) in [5, 5.41) is 8.36. The Morgan fingerprint density at radius 3 is 2.56 bits per heavy atom. The summed E-state index contributed by atoms with van der Waals surface area (Å²) in [4.78, 5) is 10.4. The van der Waals surface area contributed by atoms with Crippen LogP contribution in [-0.2, 0) is 14.8 Å². The highest BCUT2D eigenvalue weighted by atomic mass is 32.2. The molecule has 0 atom stereocenters. The minimum atomic E-state index is -3.59. The summed E-state index contributed by atoms with van der Waals surface area (Å²) in [5.74, 6) is -1.11. The predicted molar refractivity (Wildman–Crippen MR) is 67.9 cm³/mol. The van der Waals surface area contributed by atoms with Crippen LogP contribution in [-0.4, -0.2) is 26.0 Å². The van der Waals surface area contributed by atoms with E-state index in [1.165, 1.54) is 12.1 Å². The number of sulfonamides is 1. The summed E-state index contributed by atoms with van der Waals surface area (Å²) in [7, 11) is -3.59. The zero-order chi connectivity index (χ0) is 13.8. The molecule has 0 aliphatic heterocycles. The van der Waals surface area contributed by atoms with Crippen molar-refractivity contribution in [2.24, 2.45) is 0 Å². The summed E-state index contributed by atoms with van der Waals surface area (Å²) >= 11 is 0. The van der Waals surface area contributed by atoms with Crippen LogP contribution in [0.25, 0.3) is 0 Å². The fraction of sp³-hybridized carbons (Fsp3) is 0.250. The molecular formula is C12H15NO4S. The van der Waals surface area contributed by atoms with Crippen LogP contribution in [0.4, 0.5) is 0 Å². The number of carboxylic acids is 1. The second-order valence-electron chi connectivity index (χ2n) is 3.84. The minimum Gasteiger partial charge on any atom is -0.478 e. The van der Waals surface area contributed by atoms with Gasteiger partial charge < -0.3 is 5.11 Å². The number of aliphatic carboxylic acids is 1. The molecule has 0 bridgehead atoms. The van der Waals surface area contributed by atoms with E-state index in [1.807, 2.05) is 13.8 Å². The molecule has 0 radical (unpaired) electrons. The van der Waals surface area contributed by atoms with Gasteiger partial charge in [-0.05, 0) is 37.1 Å². The summed E-state index contributed by atoms with van der Waals surface area (Å²) < 4.78 is 26.0. The molecule has 0 saturated carbocycles. The molecule has 1 aromatic carbocycles. The lowest BCUT2D eigenvalue weighted by molar-refractivity contribution is -0.131. The van der Waals surface area contributed by atoms with E-state index in [1.54, 1.807) is 12.1 Å². The molecule has 18 heavy (non-hydrogen) atoms. The van der Waals surface area contributed by atoms with Gasteiger partial charge in [-0.25, -0.2) is 17.9 Å². The van der Waals surface area contributed by atoms with Crippen LogP contribution >= 0.6 is 0 Å². The number of carboxylic acid groups (broad SMARTS) is 1. The molecule has 0 saturated heterocycles. The average molecular weight is 269 g/mol. The van der Waals surface area contributed by atoms with Gasteiger partial charge in [0, 0.05) is 12.6 Å². The standard InChI is InChI=1S/C12H15NO4S/c1-9-5-6-11(8-10(9)2)18(16,17)13-7-3-4-12(14)15/h3-6,8,13H,7H2,1-2H3,(H,14,15)/b4-3+. The lowest BCUT2D eigenvalue weighted by atomic mass is 10.1. The molecule has 0 fully saturated rings. The molecule has 0 heterocycles. The van der Waals surface area contributed by atoms with Gasteiger partial charge in [0.1, 0.15) is 0 Å². The van der Waals surface area contributed by atoms with Crippen molar-refractivity contribution in [2.75, 3.05) is 6.54 Å². The van der Waals surface area contributed by atoms with Crippen LogP contribution < -0.4 is 4.72 Å². The Bertz CT molecular complexity index is 576. The fourth-order valence-corrected chi connectivity index (χ4v) is 2.34. The normalized spacial score (nSPS) is 11.9. The quantitative estimate of drug-likeness (QED) is 0.787. The summed E-state index contributed by atoms with van der Waals surface area (Å²) in [5.41, 5.74) is 1.90. The Morgan fingerprint density at radius 1 is 1.33 bits per heavy atom. The highest BCUT2D eigenvalue weighted by Crippen LogP contribution is 2.14. The molecule has 1 rings (SSSR count). The molecule has 2 N–H and O–H groups in total. The van der Waals surface area contributed by atoms with Crippen molar-refractivity contribution in [3.05, 3.63) is 41.5 Å². The van der Waals surface area contributed by atoms with E-state index >= 15 is 0 Å².